The molecule has 3 rings (SSSR count). The SMILES string of the molecule is O=C(O)/C(=C/c1cccc(OCc2ccc([N+](=O)[O-])cc2)c1)c1cccs1. The Morgan fingerprint density at radius 2 is 1.93 bits per heavy atom. The number of nitrogens with zero attached hydrogens (tertiary/aromatic N) is 1. The molecular formula is C20H15NO5S. The van der Waals surface area contributed by atoms with Gasteiger partial charge in [-0.15, -0.1) is 11.3 Å². The molecule has 136 valence electrons. The number of rotatable bonds is 7. The molecule has 0 radical (unpaired) electrons. The number of nitro groups is 1. The Morgan fingerprint density at radius 3 is 2.56 bits per heavy atom. The molecule has 7 heteroatoms. The quantitative estimate of drug-likeness (QED) is 0.359. The van der Waals surface area contributed by atoms with Crippen LogP contribution in [0.2, 0.25) is 0 Å². The van der Waals surface area contributed by atoms with Gasteiger partial charge in [-0.1, -0.05) is 18.2 Å². The zero-order chi connectivity index (χ0) is 19.2. The summed E-state index contributed by atoms with van der Waals surface area (Å²) in [5, 5.41) is 22.0. The highest BCUT2D eigenvalue weighted by Gasteiger charge is 2.11. The van der Waals surface area contributed by atoms with Gasteiger partial charge in [0.2, 0.25) is 0 Å². The molecule has 0 atom stereocenters. The number of carboxylic acids is 1. The van der Waals surface area contributed by atoms with E-state index in [1.54, 1.807) is 54.6 Å². The van der Waals surface area contributed by atoms with Crippen molar-refractivity contribution in [2.45, 2.75) is 6.61 Å². The standard InChI is InChI=1S/C20H15NO5S/c22-20(23)18(19-5-2-10-27-19)12-15-3-1-4-17(11-15)26-13-14-6-8-16(9-7-14)21(24)25/h1-12H,13H2,(H,22,23)/b18-12+. The van der Waals surface area contributed by atoms with Gasteiger partial charge in [0.1, 0.15) is 12.4 Å². The van der Waals surface area contributed by atoms with Crippen LogP contribution in [0.1, 0.15) is 16.0 Å². The molecule has 0 aliphatic rings. The molecule has 0 saturated carbocycles. The van der Waals surface area contributed by atoms with E-state index in [0.717, 1.165) is 5.56 Å². The number of hydrogen-bond donors (Lipinski definition) is 1. The van der Waals surface area contributed by atoms with Gasteiger partial charge < -0.3 is 9.84 Å². The Hall–Kier alpha value is -3.45. The van der Waals surface area contributed by atoms with Gasteiger partial charge in [-0.2, -0.15) is 0 Å². The summed E-state index contributed by atoms with van der Waals surface area (Å²) in [6, 6.07) is 16.8. The lowest BCUT2D eigenvalue weighted by molar-refractivity contribution is -0.384. The van der Waals surface area contributed by atoms with Gasteiger partial charge in [-0.25, -0.2) is 4.79 Å². The van der Waals surface area contributed by atoms with E-state index in [-0.39, 0.29) is 17.9 Å². The second-order valence-electron chi connectivity index (χ2n) is 5.63. The summed E-state index contributed by atoms with van der Waals surface area (Å²) in [5.74, 6) is -0.410. The van der Waals surface area contributed by atoms with Crippen molar-refractivity contribution in [3.63, 3.8) is 0 Å². The summed E-state index contributed by atoms with van der Waals surface area (Å²) < 4.78 is 5.72. The lowest BCUT2D eigenvalue weighted by Gasteiger charge is -2.07. The number of aliphatic carboxylic acids is 1. The van der Waals surface area contributed by atoms with E-state index in [0.29, 0.717) is 16.2 Å². The van der Waals surface area contributed by atoms with Crippen LogP contribution in [0.3, 0.4) is 0 Å². The van der Waals surface area contributed by atoms with Crippen LogP contribution in [0.25, 0.3) is 11.6 Å². The molecule has 1 aromatic heterocycles. The number of ether oxygens (including phenoxy) is 1. The summed E-state index contributed by atoms with van der Waals surface area (Å²) >= 11 is 1.37. The van der Waals surface area contributed by atoms with Crippen molar-refractivity contribution in [1.29, 1.82) is 0 Å². The predicted octanol–water partition coefficient (Wildman–Crippen LogP) is 4.86. The first kappa shape index (κ1) is 18.3. The summed E-state index contributed by atoms with van der Waals surface area (Å²) in [6.45, 7) is 0.252. The Balaban J connectivity index is 1.74. The van der Waals surface area contributed by atoms with Gasteiger partial charge in [-0.3, -0.25) is 10.1 Å². The maximum atomic E-state index is 11.5. The smallest absolute Gasteiger partial charge is 0.337 e. The first-order chi connectivity index (χ1) is 13.0. The topological polar surface area (TPSA) is 89.7 Å². The van der Waals surface area contributed by atoms with E-state index in [1.807, 2.05) is 5.38 Å². The maximum Gasteiger partial charge on any atom is 0.337 e. The highest BCUT2D eigenvalue weighted by Crippen LogP contribution is 2.25. The molecule has 0 fully saturated rings. The summed E-state index contributed by atoms with van der Waals surface area (Å²) in [6.07, 6.45) is 1.60. The molecule has 0 bridgehead atoms. The average molecular weight is 381 g/mol. The van der Waals surface area contributed by atoms with E-state index in [1.165, 1.54) is 23.5 Å². The van der Waals surface area contributed by atoms with Crippen molar-refractivity contribution in [1.82, 2.24) is 0 Å². The maximum absolute atomic E-state index is 11.5. The van der Waals surface area contributed by atoms with Crippen LogP contribution in [-0.4, -0.2) is 16.0 Å². The Morgan fingerprint density at radius 1 is 1.15 bits per heavy atom. The summed E-state index contributed by atoms with van der Waals surface area (Å²) in [4.78, 5) is 22.4. The van der Waals surface area contributed by atoms with E-state index in [4.69, 9.17) is 4.74 Å². The first-order valence-electron chi connectivity index (χ1n) is 7.98. The highest BCUT2D eigenvalue weighted by molar-refractivity contribution is 7.11. The minimum absolute atomic E-state index is 0.0284. The Bertz CT molecular complexity index is 978. The predicted molar refractivity (Wildman–Crippen MR) is 104 cm³/mol. The van der Waals surface area contributed by atoms with E-state index < -0.39 is 10.9 Å². The third kappa shape index (κ3) is 4.80. The van der Waals surface area contributed by atoms with Crippen LogP contribution in [0.4, 0.5) is 5.69 Å². The fourth-order valence-corrected chi connectivity index (χ4v) is 3.15. The van der Waals surface area contributed by atoms with Gasteiger partial charge in [0.15, 0.2) is 0 Å². The van der Waals surface area contributed by atoms with Crippen LogP contribution in [0.15, 0.2) is 66.0 Å². The number of hydrogen-bond acceptors (Lipinski definition) is 5. The van der Waals surface area contributed by atoms with Crippen molar-refractivity contribution < 1.29 is 19.6 Å². The second kappa shape index (κ2) is 8.29. The molecule has 0 saturated heterocycles. The van der Waals surface area contributed by atoms with Crippen LogP contribution >= 0.6 is 11.3 Å². The minimum Gasteiger partial charge on any atom is -0.489 e. The van der Waals surface area contributed by atoms with E-state index in [9.17, 15) is 20.0 Å². The largest absolute Gasteiger partial charge is 0.489 e. The molecular weight excluding hydrogens is 366 g/mol. The summed E-state index contributed by atoms with van der Waals surface area (Å²) in [7, 11) is 0. The number of carbonyl (C=O) groups is 1. The third-order valence-corrected chi connectivity index (χ3v) is 4.64. The van der Waals surface area contributed by atoms with Gasteiger partial charge >= 0.3 is 5.97 Å². The molecule has 1 N–H and O–H groups in total. The minimum atomic E-state index is -0.991. The normalized spacial score (nSPS) is 11.2. The van der Waals surface area contributed by atoms with Crippen LogP contribution in [0, 0.1) is 10.1 Å². The van der Waals surface area contributed by atoms with Gasteiger partial charge in [0.05, 0.1) is 10.5 Å². The molecule has 0 spiro atoms. The fraction of sp³-hybridized carbons (Fsp3) is 0.0500. The number of nitro benzene ring substituents is 1. The Kier molecular flexibility index (Phi) is 5.63. The molecule has 27 heavy (non-hydrogen) atoms. The van der Waals surface area contributed by atoms with Crippen molar-refractivity contribution in [3.05, 3.63) is 92.2 Å². The molecule has 6 nitrogen and oxygen atoms in total. The molecule has 0 amide bonds. The molecule has 1 heterocycles. The zero-order valence-electron chi connectivity index (χ0n) is 14.1. The average Bonchev–Trinajstić information content (AvgIpc) is 3.19. The highest BCUT2D eigenvalue weighted by atomic mass is 32.1. The first-order valence-corrected chi connectivity index (χ1v) is 8.86. The molecule has 3 aromatic rings. The number of benzene rings is 2. The monoisotopic (exact) mass is 381 g/mol. The fourth-order valence-electron chi connectivity index (χ4n) is 2.41. The van der Waals surface area contributed by atoms with Crippen molar-refractivity contribution in [2.24, 2.45) is 0 Å². The number of thiophene rings is 1. The molecule has 0 aliphatic carbocycles. The second-order valence-corrected chi connectivity index (χ2v) is 6.57. The van der Waals surface area contributed by atoms with Crippen molar-refractivity contribution in [2.75, 3.05) is 0 Å². The molecule has 2 aromatic carbocycles. The summed E-state index contributed by atoms with van der Waals surface area (Å²) in [5.41, 5.74) is 1.76. The molecule has 0 aliphatic heterocycles. The van der Waals surface area contributed by atoms with Crippen molar-refractivity contribution in [3.8, 4) is 5.75 Å². The lowest BCUT2D eigenvalue weighted by Crippen LogP contribution is -1.98. The number of carboxylic acid groups (broad SMARTS) is 1. The van der Waals surface area contributed by atoms with Gasteiger partial charge in [0.25, 0.3) is 5.69 Å². The zero-order valence-corrected chi connectivity index (χ0v) is 14.9. The number of non-ortho nitro benzene ring substituents is 1. The van der Waals surface area contributed by atoms with E-state index in [2.05, 4.69) is 0 Å². The lowest BCUT2D eigenvalue weighted by atomic mass is 10.1. The van der Waals surface area contributed by atoms with Gasteiger partial charge in [-0.05, 0) is 52.9 Å². The third-order valence-electron chi connectivity index (χ3n) is 3.74. The Labute approximate surface area is 159 Å². The van der Waals surface area contributed by atoms with E-state index >= 15 is 0 Å². The van der Waals surface area contributed by atoms with Crippen LogP contribution in [0.5, 0.6) is 5.75 Å². The molecule has 0 unspecified atom stereocenters. The van der Waals surface area contributed by atoms with Crippen molar-refractivity contribution >= 4 is 34.6 Å². The van der Waals surface area contributed by atoms with Gasteiger partial charge in [0, 0.05) is 17.0 Å². The van der Waals surface area contributed by atoms with Crippen LogP contribution in [-0.2, 0) is 11.4 Å². The van der Waals surface area contributed by atoms with Crippen LogP contribution < -0.4 is 4.74 Å².